The van der Waals surface area contributed by atoms with Crippen molar-refractivity contribution in [2.75, 3.05) is 7.11 Å². The van der Waals surface area contributed by atoms with Crippen LogP contribution >= 0.6 is 0 Å². The van der Waals surface area contributed by atoms with Crippen molar-refractivity contribution in [1.29, 1.82) is 0 Å². The molecule has 2 aromatic heterocycles. The molecule has 118 valence electrons. The monoisotopic (exact) mass is 307 g/mol. The van der Waals surface area contributed by atoms with Gasteiger partial charge in [0.25, 0.3) is 0 Å². The second-order valence-corrected chi connectivity index (χ2v) is 6.72. The average molecular weight is 307 g/mol. The molecule has 3 heteroatoms. The number of nitrogens with zero attached hydrogens (tertiary/aromatic N) is 1. The number of hydrogen-bond acceptors (Lipinski definition) is 2. The molecule has 0 amide bonds. The van der Waals surface area contributed by atoms with E-state index in [1.54, 1.807) is 7.11 Å². The van der Waals surface area contributed by atoms with E-state index < -0.39 is 0 Å². The molecule has 0 bridgehead atoms. The molecule has 3 aromatic rings. The molecule has 0 radical (unpaired) electrons. The van der Waals surface area contributed by atoms with Crippen molar-refractivity contribution in [1.82, 2.24) is 4.40 Å². The predicted octanol–water partition coefficient (Wildman–Crippen LogP) is 4.72. The number of rotatable bonds is 3. The highest BCUT2D eigenvalue weighted by Gasteiger charge is 2.21. The first-order valence-electron chi connectivity index (χ1n) is 7.70. The lowest BCUT2D eigenvalue weighted by molar-refractivity contribution is 0.111. The molecule has 0 saturated carbocycles. The highest BCUT2D eigenvalue weighted by Crippen LogP contribution is 2.36. The molecule has 0 spiro atoms. The number of carbonyl (C=O) groups excluding carboxylic acids is 1. The minimum atomic E-state index is -0.0398. The second kappa shape index (κ2) is 5.58. The topological polar surface area (TPSA) is 30.7 Å². The summed E-state index contributed by atoms with van der Waals surface area (Å²) in [5, 5.41) is 0. The van der Waals surface area contributed by atoms with Gasteiger partial charge in [-0.2, -0.15) is 0 Å². The van der Waals surface area contributed by atoms with E-state index in [9.17, 15) is 4.79 Å². The van der Waals surface area contributed by atoms with Gasteiger partial charge in [-0.15, -0.1) is 0 Å². The van der Waals surface area contributed by atoms with Gasteiger partial charge in [0.2, 0.25) is 0 Å². The molecular formula is C20H21NO2. The van der Waals surface area contributed by atoms with Crippen LogP contribution < -0.4 is 4.74 Å². The molecule has 0 aliphatic rings. The first-order valence-corrected chi connectivity index (χ1v) is 7.70. The lowest BCUT2D eigenvalue weighted by atomic mass is 9.84. The molecule has 0 saturated heterocycles. The van der Waals surface area contributed by atoms with Crippen LogP contribution in [0.3, 0.4) is 0 Å². The van der Waals surface area contributed by atoms with Crippen LogP contribution in [0.25, 0.3) is 16.6 Å². The Morgan fingerprint density at radius 3 is 2.52 bits per heavy atom. The van der Waals surface area contributed by atoms with Gasteiger partial charge in [0.05, 0.1) is 12.8 Å². The maximum Gasteiger partial charge on any atom is 0.167 e. The molecule has 3 nitrogen and oxygen atoms in total. The van der Waals surface area contributed by atoms with Gasteiger partial charge in [0.15, 0.2) is 6.29 Å². The number of carbonyl (C=O) groups is 1. The van der Waals surface area contributed by atoms with Gasteiger partial charge >= 0.3 is 0 Å². The number of benzene rings is 1. The molecule has 23 heavy (non-hydrogen) atoms. The Bertz CT molecular complexity index is 869. The fourth-order valence-corrected chi connectivity index (χ4v) is 2.96. The van der Waals surface area contributed by atoms with Crippen molar-refractivity contribution in [3.05, 3.63) is 59.9 Å². The largest absolute Gasteiger partial charge is 0.496 e. The molecule has 0 N–H and O–H groups in total. The zero-order valence-corrected chi connectivity index (χ0v) is 14.0. The van der Waals surface area contributed by atoms with E-state index in [0.29, 0.717) is 5.69 Å². The lowest BCUT2D eigenvalue weighted by Gasteiger charge is -2.23. The number of hydrogen-bond donors (Lipinski definition) is 0. The van der Waals surface area contributed by atoms with E-state index >= 15 is 0 Å². The summed E-state index contributed by atoms with van der Waals surface area (Å²) < 4.78 is 7.42. The quantitative estimate of drug-likeness (QED) is 0.655. The summed E-state index contributed by atoms with van der Waals surface area (Å²) in [7, 11) is 1.69. The summed E-state index contributed by atoms with van der Waals surface area (Å²) in [4.78, 5) is 11.6. The number of aldehydes is 1. The van der Waals surface area contributed by atoms with Crippen LogP contribution in [0.4, 0.5) is 0 Å². The van der Waals surface area contributed by atoms with Crippen LogP contribution in [-0.2, 0) is 5.41 Å². The van der Waals surface area contributed by atoms with E-state index in [-0.39, 0.29) is 5.41 Å². The summed E-state index contributed by atoms with van der Waals surface area (Å²) in [5.41, 5.74) is 4.75. The van der Waals surface area contributed by atoms with E-state index in [1.807, 2.05) is 40.9 Å². The zero-order valence-electron chi connectivity index (χ0n) is 14.0. The molecule has 0 fully saturated rings. The molecule has 3 rings (SSSR count). The first kappa shape index (κ1) is 15.3. The van der Waals surface area contributed by atoms with Crippen molar-refractivity contribution in [2.24, 2.45) is 0 Å². The molecule has 0 unspecified atom stereocenters. The van der Waals surface area contributed by atoms with Gasteiger partial charge in [-0.3, -0.25) is 4.79 Å². The number of methoxy groups -OCH3 is 1. The fourth-order valence-electron chi connectivity index (χ4n) is 2.96. The van der Waals surface area contributed by atoms with Gasteiger partial charge < -0.3 is 9.14 Å². The summed E-state index contributed by atoms with van der Waals surface area (Å²) in [6, 6.07) is 14.1. The first-order chi connectivity index (χ1) is 11.0. The Labute approximate surface area is 136 Å². The zero-order chi connectivity index (χ0) is 16.6. The minimum Gasteiger partial charge on any atom is -0.496 e. The third-order valence-corrected chi connectivity index (χ3v) is 4.15. The highest BCUT2D eigenvalue weighted by atomic mass is 16.5. The van der Waals surface area contributed by atoms with Crippen LogP contribution in [0.2, 0.25) is 0 Å². The van der Waals surface area contributed by atoms with Gasteiger partial charge in [0.1, 0.15) is 5.75 Å². The van der Waals surface area contributed by atoms with Crippen molar-refractivity contribution in [3.63, 3.8) is 0 Å². The fraction of sp³-hybridized carbons (Fsp3) is 0.250. The van der Waals surface area contributed by atoms with E-state index in [1.165, 1.54) is 0 Å². The highest BCUT2D eigenvalue weighted by molar-refractivity contribution is 5.90. The van der Waals surface area contributed by atoms with Crippen LogP contribution in [-0.4, -0.2) is 17.8 Å². The van der Waals surface area contributed by atoms with Crippen LogP contribution in [0, 0.1) is 0 Å². The second-order valence-electron chi connectivity index (χ2n) is 6.72. The Kier molecular flexibility index (Phi) is 3.72. The van der Waals surface area contributed by atoms with E-state index in [4.69, 9.17) is 4.74 Å². The number of aromatic nitrogens is 1. The Morgan fingerprint density at radius 1 is 1.09 bits per heavy atom. The molecule has 0 atom stereocenters. The van der Waals surface area contributed by atoms with Gasteiger partial charge in [0, 0.05) is 22.8 Å². The third kappa shape index (κ3) is 2.63. The normalized spacial score (nSPS) is 11.7. The number of pyridine rings is 1. The van der Waals surface area contributed by atoms with Gasteiger partial charge in [-0.1, -0.05) is 32.9 Å². The SMILES string of the molecule is COc1ccc(-c2cc3ccccn3c2C=O)cc1C(C)(C)C. The standard InChI is InChI=1S/C20H21NO2/c1-20(2,3)17-11-14(8-9-19(17)23-4)16-12-15-7-5-6-10-21(15)18(16)13-22/h5-13H,1-4H3. The van der Waals surface area contributed by atoms with Crippen molar-refractivity contribution >= 4 is 11.8 Å². The van der Waals surface area contributed by atoms with E-state index in [2.05, 4.69) is 32.9 Å². The van der Waals surface area contributed by atoms with Crippen molar-refractivity contribution in [2.45, 2.75) is 26.2 Å². The van der Waals surface area contributed by atoms with Crippen molar-refractivity contribution in [3.8, 4) is 16.9 Å². The minimum absolute atomic E-state index is 0.0398. The van der Waals surface area contributed by atoms with Crippen molar-refractivity contribution < 1.29 is 9.53 Å². The summed E-state index contributed by atoms with van der Waals surface area (Å²) in [6.45, 7) is 6.47. The molecule has 0 aliphatic carbocycles. The van der Waals surface area contributed by atoms with E-state index in [0.717, 1.165) is 34.2 Å². The molecule has 0 aliphatic heterocycles. The smallest absolute Gasteiger partial charge is 0.167 e. The number of ether oxygens (including phenoxy) is 1. The van der Waals surface area contributed by atoms with Gasteiger partial charge in [-0.05, 0) is 41.3 Å². The number of fused-ring (bicyclic) bond motifs is 1. The lowest BCUT2D eigenvalue weighted by Crippen LogP contribution is -2.13. The molecular weight excluding hydrogens is 286 g/mol. The maximum atomic E-state index is 11.6. The van der Waals surface area contributed by atoms with Crippen LogP contribution in [0.1, 0.15) is 36.8 Å². The average Bonchev–Trinajstić information content (AvgIpc) is 2.92. The van der Waals surface area contributed by atoms with Gasteiger partial charge in [-0.25, -0.2) is 0 Å². The van der Waals surface area contributed by atoms with Crippen LogP contribution in [0.15, 0.2) is 48.7 Å². The third-order valence-electron chi connectivity index (χ3n) is 4.15. The van der Waals surface area contributed by atoms with Crippen LogP contribution in [0.5, 0.6) is 5.75 Å². The Hall–Kier alpha value is -2.55. The molecule has 1 aromatic carbocycles. The summed E-state index contributed by atoms with van der Waals surface area (Å²) in [6.07, 6.45) is 2.83. The predicted molar refractivity (Wildman–Crippen MR) is 93.5 cm³/mol. The summed E-state index contributed by atoms with van der Waals surface area (Å²) >= 11 is 0. The molecule has 2 heterocycles. The Balaban J connectivity index is 2.25. The summed E-state index contributed by atoms with van der Waals surface area (Å²) in [5.74, 6) is 0.873. The Morgan fingerprint density at radius 2 is 1.87 bits per heavy atom. The maximum absolute atomic E-state index is 11.6.